The highest BCUT2D eigenvalue weighted by atomic mass is 16.3. The highest BCUT2D eigenvalue weighted by Gasteiger charge is 2.16. The maximum atomic E-state index is 8.74. The lowest BCUT2D eigenvalue weighted by molar-refractivity contribution is -0.928. The van der Waals surface area contributed by atoms with Crippen LogP contribution in [0, 0.1) is 0 Å². The van der Waals surface area contributed by atoms with Gasteiger partial charge in [0.15, 0.2) is 6.73 Å². The van der Waals surface area contributed by atoms with Gasteiger partial charge in [-0.05, 0) is 13.8 Å². The molecular formula is C6H16NO+. The summed E-state index contributed by atoms with van der Waals surface area (Å²) in [7, 11) is 4.01. The molecule has 0 radical (unpaired) electrons. The minimum absolute atomic E-state index is 0.220. The van der Waals surface area contributed by atoms with Gasteiger partial charge in [0.2, 0.25) is 0 Å². The first-order valence-electron chi connectivity index (χ1n) is 2.94. The fourth-order valence-corrected chi connectivity index (χ4v) is 0.163. The van der Waals surface area contributed by atoms with Crippen molar-refractivity contribution in [3.63, 3.8) is 0 Å². The van der Waals surface area contributed by atoms with Crippen molar-refractivity contribution in [2.24, 2.45) is 0 Å². The lowest BCUT2D eigenvalue weighted by atomic mass is 10.3. The molecule has 0 bridgehead atoms. The van der Waals surface area contributed by atoms with Gasteiger partial charge in [0, 0.05) is 0 Å². The molecule has 0 aromatic heterocycles. The molecule has 2 heteroatoms. The second-order valence-electron chi connectivity index (χ2n) is 3.01. The van der Waals surface area contributed by atoms with Crippen LogP contribution in [0.25, 0.3) is 0 Å². The molecule has 8 heavy (non-hydrogen) atoms. The minimum Gasteiger partial charge on any atom is -0.347 e. The van der Waals surface area contributed by atoms with E-state index in [1.165, 1.54) is 0 Å². The van der Waals surface area contributed by atoms with E-state index in [0.29, 0.717) is 10.5 Å². The van der Waals surface area contributed by atoms with Gasteiger partial charge in [-0.15, -0.1) is 0 Å². The molecule has 0 atom stereocenters. The SMILES string of the molecule is CC(C)[N+](C)(C)CO. The number of aliphatic hydroxyl groups is 1. The van der Waals surface area contributed by atoms with Crippen LogP contribution < -0.4 is 0 Å². The van der Waals surface area contributed by atoms with Crippen molar-refractivity contribution < 1.29 is 9.59 Å². The van der Waals surface area contributed by atoms with Gasteiger partial charge in [-0.2, -0.15) is 0 Å². The van der Waals surface area contributed by atoms with E-state index in [9.17, 15) is 0 Å². The zero-order valence-electron chi connectivity index (χ0n) is 6.18. The van der Waals surface area contributed by atoms with Crippen LogP contribution in [0.1, 0.15) is 13.8 Å². The molecule has 0 unspecified atom stereocenters. The van der Waals surface area contributed by atoms with E-state index in [1.807, 2.05) is 14.1 Å². The first-order chi connectivity index (χ1) is 3.50. The van der Waals surface area contributed by atoms with Crippen LogP contribution in [-0.4, -0.2) is 36.5 Å². The molecule has 0 amide bonds. The van der Waals surface area contributed by atoms with Crippen LogP contribution in [0.15, 0.2) is 0 Å². The summed E-state index contributed by atoms with van der Waals surface area (Å²) >= 11 is 0. The molecule has 0 spiro atoms. The van der Waals surface area contributed by atoms with Crippen molar-refractivity contribution >= 4 is 0 Å². The minimum atomic E-state index is 0.220. The Balaban J connectivity index is 3.71. The molecule has 1 N–H and O–H groups in total. The Hall–Kier alpha value is -0.0800. The van der Waals surface area contributed by atoms with Crippen molar-refractivity contribution in [3.8, 4) is 0 Å². The predicted octanol–water partition coefficient (Wildman–Crippen LogP) is 0.421. The van der Waals surface area contributed by atoms with Crippen molar-refractivity contribution in [2.75, 3.05) is 20.8 Å². The van der Waals surface area contributed by atoms with Crippen LogP contribution in [0.3, 0.4) is 0 Å². The van der Waals surface area contributed by atoms with Gasteiger partial charge < -0.3 is 9.59 Å². The lowest BCUT2D eigenvalue weighted by Crippen LogP contribution is -2.46. The summed E-state index contributed by atoms with van der Waals surface area (Å²) in [5.41, 5.74) is 0. The van der Waals surface area contributed by atoms with Gasteiger partial charge in [-0.25, -0.2) is 0 Å². The van der Waals surface area contributed by atoms with Crippen LogP contribution >= 0.6 is 0 Å². The number of hydrogen-bond donors (Lipinski definition) is 1. The molecule has 0 saturated carbocycles. The normalized spacial score (nSPS) is 12.8. The Morgan fingerprint density at radius 3 is 1.75 bits per heavy atom. The average molecular weight is 118 g/mol. The predicted molar refractivity (Wildman–Crippen MR) is 34.3 cm³/mol. The number of hydrogen-bond acceptors (Lipinski definition) is 1. The van der Waals surface area contributed by atoms with E-state index in [-0.39, 0.29) is 6.73 Å². The van der Waals surface area contributed by atoms with Crippen molar-refractivity contribution in [3.05, 3.63) is 0 Å². The molecule has 50 valence electrons. The lowest BCUT2D eigenvalue weighted by Gasteiger charge is -2.31. The quantitative estimate of drug-likeness (QED) is 0.411. The molecule has 0 aliphatic carbocycles. The van der Waals surface area contributed by atoms with E-state index >= 15 is 0 Å². The van der Waals surface area contributed by atoms with E-state index in [2.05, 4.69) is 13.8 Å². The Morgan fingerprint density at radius 2 is 1.75 bits per heavy atom. The Bertz CT molecular complexity index is 68.9. The number of rotatable bonds is 2. The van der Waals surface area contributed by atoms with Crippen LogP contribution in [0.4, 0.5) is 0 Å². The summed E-state index contributed by atoms with van der Waals surface area (Å²) in [6.07, 6.45) is 0. The van der Waals surface area contributed by atoms with Crippen molar-refractivity contribution in [1.29, 1.82) is 0 Å². The summed E-state index contributed by atoms with van der Waals surface area (Å²) in [6, 6.07) is 0.500. The third-order valence-corrected chi connectivity index (χ3v) is 1.76. The zero-order valence-corrected chi connectivity index (χ0v) is 6.18. The molecule has 0 aromatic carbocycles. The van der Waals surface area contributed by atoms with E-state index in [0.717, 1.165) is 0 Å². The molecule has 2 nitrogen and oxygen atoms in total. The standard InChI is InChI=1S/C6H16NO/c1-6(2)7(3,4)5-8/h6,8H,5H2,1-4H3/q+1. The second kappa shape index (κ2) is 2.46. The first kappa shape index (κ1) is 7.92. The zero-order chi connectivity index (χ0) is 6.78. The summed E-state index contributed by atoms with van der Waals surface area (Å²) in [5.74, 6) is 0. The average Bonchev–Trinajstić information content (AvgIpc) is 1.67. The summed E-state index contributed by atoms with van der Waals surface area (Å²) < 4.78 is 0.681. The fourth-order valence-electron chi connectivity index (χ4n) is 0.163. The molecular weight excluding hydrogens is 102 g/mol. The molecule has 0 rings (SSSR count). The summed E-state index contributed by atoms with van der Waals surface area (Å²) in [4.78, 5) is 0. The van der Waals surface area contributed by atoms with Gasteiger partial charge in [0.05, 0.1) is 20.1 Å². The topological polar surface area (TPSA) is 20.2 Å². The molecule has 0 aromatic rings. The van der Waals surface area contributed by atoms with Gasteiger partial charge in [-0.1, -0.05) is 0 Å². The summed E-state index contributed by atoms with van der Waals surface area (Å²) in [5, 5.41) is 8.74. The van der Waals surface area contributed by atoms with E-state index in [4.69, 9.17) is 5.11 Å². The molecule has 0 saturated heterocycles. The third kappa shape index (κ3) is 1.80. The highest BCUT2D eigenvalue weighted by molar-refractivity contribution is 4.33. The third-order valence-electron chi connectivity index (χ3n) is 1.76. The Kier molecular flexibility index (Phi) is 2.44. The number of nitrogens with zero attached hydrogens (tertiary/aromatic N) is 1. The van der Waals surface area contributed by atoms with Crippen LogP contribution in [-0.2, 0) is 0 Å². The fraction of sp³-hybridized carbons (Fsp3) is 1.00. The van der Waals surface area contributed by atoms with Crippen LogP contribution in [0.2, 0.25) is 0 Å². The smallest absolute Gasteiger partial charge is 0.180 e. The van der Waals surface area contributed by atoms with Gasteiger partial charge in [0.1, 0.15) is 0 Å². The van der Waals surface area contributed by atoms with E-state index < -0.39 is 0 Å². The van der Waals surface area contributed by atoms with Gasteiger partial charge >= 0.3 is 0 Å². The molecule has 0 heterocycles. The molecule has 0 aliphatic rings. The van der Waals surface area contributed by atoms with E-state index in [1.54, 1.807) is 0 Å². The second-order valence-corrected chi connectivity index (χ2v) is 3.01. The van der Waals surface area contributed by atoms with Crippen molar-refractivity contribution in [1.82, 2.24) is 0 Å². The Morgan fingerprint density at radius 1 is 1.38 bits per heavy atom. The van der Waals surface area contributed by atoms with Crippen LogP contribution in [0.5, 0.6) is 0 Å². The van der Waals surface area contributed by atoms with Gasteiger partial charge in [-0.3, -0.25) is 0 Å². The molecule has 0 aliphatic heterocycles. The maximum Gasteiger partial charge on any atom is 0.180 e. The van der Waals surface area contributed by atoms with Gasteiger partial charge in [0.25, 0.3) is 0 Å². The summed E-state index contributed by atoms with van der Waals surface area (Å²) in [6.45, 7) is 4.41. The molecule has 0 fully saturated rings. The number of aliphatic hydroxyl groups excluding tert-OH is 1. The monoisotopic (exact) mass is 118 g/mol. The maximum absolute atomic E-state index is 8.74. The largest absolute Gasteiger partial charge is 0.347 e. The van der Waals surface area contributed by atoms with Crippen molar-refractivity contribution in [2.45, 2.75) is 19.9 Å². The highest BCUT2D eigenvalue weighted by Crippen LogP contribution is 2.01. The number of quaternary nitrogens is 1. The first-order valence-corrected chi connectivity index (χ1v) is 2.94. The Labute approximate surface area is 51.3 Å².